The van der Waals surface area contributed by atoms with E-state index < -0.39 is 0 Å². The van der Waals surface area contributed by atoms with Crippen LogP contribution >= 0.6 is 15.9 Å². The molecule has 2 aliphatic carbocycles. The van der Waals surface area contributed by atoms with Crippen molar-refractivity contribution in [2.45, 2.75) is 38.3 Å². The Labute approximate surface area is 177 Å². The lowest BCUT2D eigenvalue weighted by molar-refractivity contribution is 0.0923. The van der Waals surface area contributed by atoms with E-state index in [1.54, 1.807) is 6.20 Å². The van der Waals surface area contributed by atoms with Crippen LogP contribution in [0.2, 0.25) is 0 Å². The molecule has 3 atom stereocenters. The summed E-state index contributed by atoms with van der Waals surface area (Å²) in [6.07, 6.45) is 6.63. The number of benzene rings is 2. The molecule has 5 rings (SSSR count). The zero-order valence-corrected chi connectivity index (χ0v) is 17.6. The summed E-state index contributed by atoms with van der Waals surface area (Å²) >= 11 is 3.42. The second-order valence-corrected chi connectivity index (χ2v) is 9.21. The monoisotopic (exact) mass is 451 g/mol. The topological polar surface area (TPSA) is 64.0 Å². The largest absolute Gasteiger partial charge is 0.349 e. The van der Waals surface area contributed by atoms with Crippen LogP contribution < -0.4 is 10.9 Å². The molecule has 1 N–H and O–H groups in total. The molecule has 2 aromatic carbocycles. The molecule has 6 heteroatoms. The zero-order valence-electron chi connectivity index (χ0n) is 16.0. The van der Waals surface area contributed by atoms with Gasteiger partial charge in [0.25, 0.3) is 11.5 Å². The number of fused-ring (bicyclic) bond motifs is 3. The molecule has 0 radical (unpaired) electrons. The van der Waals surface area contributed by atoms with Crippen molar-refractivity contribution in [1.29, 1.82) is 0 Å². The van der Waals surface area contributed by atoms with Gasteiger partial charge in [-0.1, -0.05) is 40.5 Å². The van der Waals surface area contributed by atoms with Crippen molar-refractivity contribution in [3.8, 4) is 0 Å². The SMILES string of the molecule is O=C(N[C@@H]1C[C@H]2CC[C@@H]1C2)c1cccc(Cn2ncc3ccc(Br)cc3c2=O)c1. The average Bonchev–Trinajstić information content (AvgIpc) is 3.34. The summed E-state index contributed by atoms with van der Waals surface area (Å²) in [6, 6.07) is 13.4. The molecule has 2 fully saturated rings. The van der Waals surface area contributed by atoms with Gasteiger partial charge in [-0.15, -0.1) is 0 Å². The minimum atomic E-state index is -0.138. The van der Waals surface area contributed by atoms with Gasteiger partial charge in [0, 0.05) is 21.5 Å². The Bertz CT molecular complexity index is 1160. The molecule has 29 heavy (non-hydrogen) atoms. The van der Waals surface area contributed by atoms with Crippen LogP contribution in [0.25, 0.3) is 10.8 Å². The first kappa shape index (κ1) is 18.6. The van der Waals surface area contributed by atoms with E-state index in [-0.39, 0.29) is 11.5 Å². The van der Waals surface area contributed by atoms with Gasteiger partial charge in [-0.3, -0.25) is 9.59 Å². The van der Waals surface area contributed by atoms with Crippen LogP contribution in [0.15, 0.2) is 57.9 Å². The number of aromatic nitrogens is 2. The van der Waals surface area contributed by atoms with E-state index in [0.29, 0.717) is 29.5 Å². The molecule has 0 saturated heterocycles. The second-order valence-electron chi connectivity index (χ2n) is 8.29. The smallest absolute Gasteiger partial charge is 0.274 e. The summed E-state index contributed by atoms with van der Waals surface area (Å²) in [5.74, 6) is 1.42. The van der Waals surface area contributed by atoms with Crippen LogP contribution in [0.1, 0.15) is 41.6 Å². The highest BCUT2D eigenvalue weighted by Gasteiger charge is 2.40. The Hall–Kier alpha value is -2.47. The summed E-state index contributed by atoms with van der Waals surface area (Å²) in [7, 11) is 0. The van der Waals surface area contributed by atoms with Crippen molar-refractivity contribution in [1.82, 2.24) is 15.1 Å². The van der Waals surface area contributed by atoms with Crippen LogP contribution in [0.4, 0.5) is 0 Å². The molecule has 1 heterocycles. The van der Waals surface area contributed by atoms with Gasteiger partial charge in [0.05, 0.1) is 18.1 Å². The van der Waals surface area contributed by atoms with Crippen molar-refractivity contribution >= 4 is 32.6 Å². The molecule has 0 aliphatic heterocycles. The second kappa shape index (κ2) is 7.41. The van der Waals surface area contributed by atoms with Crippen molar-refractivity contribution in [2.75, 3.05) is 0 Å². The minimum absolute atomic E-state index is 0.0212. The van der Waals surface area contributed by atoms with Crippen molar-refractivity contribution in [3.63, 3.8) is 0 Å². The summed E-state index contributed by atoms with van der Waals surface area (Å²) in [5, 5.41) is 8.97. The lowest BCUT2D eigenvalue weighted by Gasteiger charge is -2.23. The fourth-order valence-electron chi connectivity index (χ4n) is 4.92. The number of carbonyl (C=O) groups excluding carboxylic acids is 1. The molecule has 2 aliphatic rings. The van der Waals surface area contributed by atoms with Gasteiger partial charge < -0.3 is 5.32 Å². The third kappa shape index (κ3) is 3.62. The molecule has 0 spiro atoms. The molecule has 2 saturated carbocycles. The zero-order chi connectivity index (χ0) is 20.0. The van der Waals surface area contributed by atoms with Gasteiger partial charge in [0.15, 0.2) is 0 Å². The van der Waals surface area contributed by atoms with Crippen LogP contribution in [0.3, 0.4) is 0 Å². The number of hydrogen-bond acceptors (Lipinski definition) is 3. The maximum absolute atomic E-state index is 12.8. The number of amides is 1. The molecule has 1 aromatic heterocycles. The van der Waals surface area contributed by atoms with Gasteiger partial charge in [-0.2, -0.15) is 5.10 Å². The molecule has 2 bridgehead atoms. The number of hydrogen-bond donors (Lipinski definition) is 1. The van der Waals surface area contributed by atoms with E-state index in [1.165, 1.54) is 23.9 Å². The average molecular weight is 452 g/mol. The molecule has 5 nitrogen and oxygen atoms in total. The first-order valence-corrected chi connectivity index (χ1v) is 10.9. The fraction of sp³-hybridized carbons (Fsp3) is 0.348. The molecular weight excluding hydrogens is 430 g/mol. The lowest BCUT2D eigenvalue weighted by Crippen LogP contribution is -2.38. The van der Waals surface area contributed by atoms with Gasteiger partial charge in [0.2, 0.25) is 0 Å². The standard InChI is InChI=1S/C23H22BrN3O2/c24-19-7-6-18-12-25-27(23(29)20(18)11-19)13-15-2-1-3-17(9-15)22(28)26-21-10-14-4-5-16(21)8-14/h1-3,6-7,9,11-12,14,16,21H,4-5,8,10,13H2,(H,26,28)/t14-,16+,21+/m0/s1. The van der Waals surface area contributed by atoms with Crippen LogP contribution in [-0.2, 0) is 6.54 Å². The normalized spacial score (nSPS) is 22.9. The van der Waals surface area contributed by atoms with Crippen LogP contribution in [0.5, 0.6) is 0 Å². The molecule has 0 unspecified atom stereocenters. The highest BCUT2D eigenvalue weighted by atomic mass is 79.9. The highest BCUT2D eigenvalue weighted by Crippen LogP contribution is 2.44. The first-order chi connectivity index (χ1) is 14.1. The first-order valence-electron chi connectivity index (χ1n) is 10.1. The van der Waals surface area contributed by atoms with Gasteiger partial charge >= 0.3 is 0 Å². The Morgan fingerprint density at radius 2 is 2.07 bits per heavy atom. The molecule has 148 valence electrons. The Morgan fingerprint density at radius 3 is 2.86 bits per heavy atom. The summed E-state index contributed by atoms with van der Waals surface area (Å²) in [5.41, 5.74) is 1.39. The highest BCUT2D eigenvalue weighted by molar-refractivity contribution is 9.10. The van der Waals surface area contributed by atoms with Crippen LogP contribution in [0, 0.1) is 11.8 Å². The summed E-state index contributed by atoms with van der Waals surface area (Å²) in [6.45, 7) is 0.330. The van der Waals surface area contributed by atoms with E-state index in [9.17, 15) is 9.59 Å². The Morgan fingerprint density at radius 1 is 1.17 bits per heavy atom. The number of rotatable bonds is 4. The van der Waals surface area contributed by atoms with E-state index in [4.69, 9.17) is 0 Å². The third-order valence-corrected chi connectivity index (χ3v) is 6.89. The van der Waals surface area contributed by atoms with E-state index >= 15 is 0 Å². The predicted molar refractivity (Wildman–Crippen MR) is 116 cm³/mol. The fourth-order valence-corrected chi connectivity index (χ4v) is 5.28. The summed E-state index contributed by atoms with van der Waals surface area (Å²) in [4.78, 5) is 25.6. The minimum Gasteiger partial charge on any atom is -0.349 e. The third-order valence-electron chi connectivity index (χ3n) is 6.39. The maximum Gasteiger partial charge on any atom is 0.274 e. The molecular formula is C23H22BrN3O2. The maximum atomic E-state index is 12.8. The molecule has 3 aromatic rings. The summed E-state index contributed by atoms with van der Waals surface area (Å²) < 4.78 is 2.31. The number of nitrogens with zero attached hydrogens (tertiary/aromatic N) is 2. The van der Waals surface area contributed by atoms with Crippen LogP contribution in [-0.4, -0.2) is 21.7 Å². The van der Waals surface area contributed by atoms with Gasteiger partial charge in [-0.05, 0) is 60.9 Å². The number of nitrogens with one attached hydrogen (secondary N) is 1. The molecule has 1 amide bonds. The van der Waals surface area contributed by atoms with Crippen molar-refractivity contribution in [3.05, 3.63) is 74.6 Å². The van der Waals surface area contributed by atoms with E-state index in [2.05, 4.69) is 26.3 Å². The van der Waals surface area contributed by atoms with Gasteiger partial charge in [-0.25, -0.2) is 4.68 Å². The number of halogens is 1. The lowest BCUT2D eigenvalue weighted by atomic mass is 9.95. The van der Waals surface area contributed by atoms with E-state index in [0.717, 1.165) is 27.8 Å². The Balaban J connectivity index is 1.36. The predicted octanol–water partition coefficient (Wildman–Crippen LogP) is 4.13. The number of carbonyl (C=O) groups is 1. The van der Waals surface area contributed by atoms with Crippen molar-refractivity contribution in [2.24, 2.45) is 11.8 Å². The van der Waals surface area contributed by atoms with Crippen molar-refractivity contribution < 1.29 is 4.79 Å². The van der Waals surface area contributed by atoms with Gasteiger partial charge in [0.1, 0.15) is 0 Å². The van der Waals surface area contributed by atoms with E-state index in [1.807, 2.05) is 42.5 Å². The quantitative estimate of drug-likeness (QED) is 0.648. The Kier molecular flexibility index (Phi) is 4.74.